The van der Waals surface area contributed by atoms with Gasteiger partial charge in [-0.15, -0.1) is 0 Å². The molecule has 96 valence electrons. The van der Waals surface area contributed by atoms with E-state index >= 15 is 0 Å². The minimum Gasteiger partial charge on any atom is -0.496 e. The fourth-order valence-electron chi connectivity index (χ4n) is 1.49. The fourth-order valence-corrected chi connectivity index (χ4v) is 2.41. The van der Waals surface area contributed by atoms with Gasteiger partial charge in [-0.1, -0.05) is 18.2 Å². The van der Waals surface area contributed by atoms with Gasteiger partial charge >= 0.3 is 0 Å². The second-order valence-corrected chi connectivity index (χ2v) is 5.29. The quantitative estimate of drug-likeness (QED) is 0.843. The zero-order chi connectivity index (χ0) is 13.0. The van der Waals surface area contributed by atoms with E-state index in [9.17, 15) is 8.42 Å². The van der Waals surface area contributed by atoms with Crippen molar-refractivity contribution in [2.24, 2.45) is 0 Å². The number of hydrogen-bond acceptors (Lipinski definition) is 4. The van der Waals surface area contributed by atoms with Crippen LogP contribution in [0.5, 0.6) is 5.75 Å². The number of methoxy groups -OCH3 is 1. The molecule has 1 aromatic carbocycles. The van der Waals surface area contributed by atoms with Crippen molar-refractivity contribution < 1.29 is 13.2 Å². The number of H-pyrrole nitrogens is 1. The van der Waals surface area contributed by atoms with Crippen LogP contribution in [0, 0.1) is 0 Å². The van der Waals surface area contributed by atoms with E-state index in [4.69, 9.17) is 4.74 Å². The standard InChI is InChI=1S/C11H13N3O3S/c1-17-10-5-3-2-4-9(10)8-13-18(15,16)11-6-7-12-14-11/h2-7,13H,8H2,1H3,(H,12,14). The summed E-state index contributed by atoms with van der Waals surface area (Å²) in [6.45, 7) is 0.158. The number of hydrogen-bond donors (Lipinski definition) is 2. The first kappa shape index (κ1) is 12.6. The summed E-state index contributed by atoms with van der Waals surface area (Å²) in [7, 11) is -2.02. The lowest BCUT2D eigenvalue weighted by molar-refractivity contribution is 0.409. The van der Waals surface area contributed by atoms with E-state index in [2.05, 4.69) is 14.9 Å². The van der Waals surface area contributed by atoms with Crippen LogP contribution in [0.2, 0.25) is 0 Å². The van der Waals surface area contributed by atoms with Crippen LogP contribution < -0.4 is 9.46 Å². The highest BCUT2D eigenvalue weighted by Crippen LogP contribution is 2.17. The molecule has 18 heavy (non-hydrogen) atoms. The highest BCUT2D eigenvalue weighted by atomic mass is 32.2. The molecule has 0 radical (unpaired) electrons. The van der Waals surface area contributed by atoms with Gasteiger partial charge in [0.15, 0.2) is 5.03 Å². The molecule has 2 aromatic rings. The molecule has 0 saturated carbocycles. The molecule has 0 aliphatic carbocycles. The maximum Gasteiger partial charge on any atom is 0.257 e. The molecule has 2 rings (SSSR count). The minimum atomic E-state index is -3.56. The van der Waals surface area contributed by atoms with Crippen LogP contribution >= 0.6 is 0 Å². The maximum atomic E-state index is 11.8. The Morgan fingerprint density at radius 2 is 2.11 bits per heavy atom. The van der Waals surface area contributed by atoms with E-state index in [0.29, 0.717) is 5.75 Å². The normalized spacial score (nSPS) is 11.4. The van der Waals surface area contributed by atoms with Crippen molar-refractivity contribution in [3.8, 4) is 5.75 Å². The van der Waals surface area contributed by atoms with E-state index in [-0.39, 0.29) is 11.6 Å². The van der Waals surface area contributed by atoms with Crippen LogP contribution in [-0.4, -0.2) is 25.7 Å². The molecular formula is C11H13N3O3S. The lowest BCUT2D eigenvalue weighted by atomic mass is 10.2. The highest BCUT2D eigenvalue weighted by molar-refractivity contribution is 7.89. The third kappa shape index (κ3) is 2.69. The van der Waals surface area contributed by atoms with Gasteiger partial charge in [0.1, 0.15) is 5.75 Å². The Morgan fingerprint density at radius 3 is 2.78 bits per heavy atom. The van der Waals surface area contributed by atoms with E-state index < -0.39 is 10.0 Å². The molecular weight excluding hydrogens is 254 g/mol. The number of rotatable bonds is 5. The topological polar surface area (TPSA) is 84.1 Å². The first-order valence-electron chi connectivity index (χ1n) is 5.24. The second kappa shape index (κ2) is 5.19. The Morgan fingerprint density at radius 1 is 1.33 bits per heavy atom. The average Bonchev–Trinajstić information content (AvgIpc) is 2.91. The van der Waals surface area contributed by atoms with Gasteiger partial charge in [0.05, 0.1) is 13.3 Å². The van der Waals surface area contributed by atoms with Gasteiger partial charge < -0.3 is 4.74 Å². The van der Waals surface area contributed by atoms with Crippen molar-refractivity contribution >= 4 is 10.0 Å². The molecule has 2 N–H and O–H groups in total. The number of ether oxygens (including phenoxy) is 1. The number of aromatic nitrogens is 2. The second-order valence-electron chi connectivity index (χ2n) is 3.56. The monoisotopic (exact) mass is 267 g/mol. The fraction of sp³-hybridized carbons (Fsp3) is 0.182. The highest BCUT2D eigenvalue weighted by Gasteiger charge is 2.15. The van der Waals surface area contributed by atoms with Gasteiger partial charge in [0.25, 0.3) is 10.0 Å². The van der Waals surface area contributed by atoms with Crippen molar-refractivity contribution in [1.29, 1.82) is 0 Å². The summed E-state index contributed by atoms with van der Waals surface area (Å²) in [5.74, 6) is 0.643. The molecule has 0 bridgehead atoms. The summed E-state index contributed by atoms with van der Waals surface area (Å²) in [5.41, 5.74) is 0.767. The molecule has 0 saturated heterocycles. The van der Waals surface area contributed by atoms with Crippen molar-refractivity contribution in [2.45, 2.75) is 11.6 Å². The van der Waals surface area contributed by atoms with Crippen molar-refractivity contribution in [2.75, 3.05) is 7.11 Å². The Bertz CT molecular complexity index is 608. The number of sulfonamides is 1. The first-order valence-corrected chi connectivity index (χ1v) is 6.73. The number of nitrogens with zero attached hydrogens (tertiary/aromatic N) is 1. The predicted octanol–water partition coefficient (Wildman–Crippen LogP) is 0.897. The van der Waals surface area contributed by atoms with Gasteiger partial charge in [-0.3, -0.25) is 5.10 Å². The zero-order valence-corrected chi connectivity index (χ0v) is 10.6. The Hall–Kier alpha value is -1.86. The summed E-state index contributed by atoms with van der Waals surface area (Å²) in [6.07, 6.45) is 1.39. The Balaban J connectivity index is 2.13. The molecule has 6 nitrogen and oxygen atoms in total. The summed E-state index contributed by atoms with van der Waals surface area (Å²) in [4.78, 5) is 0. The molecule has 1 aromatic heterocycles. The van der Waals surface area contributed by atoms with Crippen LogP contribution in [0.1, 0.15) is 5.56 Å². The molecule has 0 aliphatic heterocycles. The van der Waals surface area contributed by atoms with E-state index in [1.807, 2.05) is 12.1 Å². The SMILES string of the molecule is COc1ccccc1CNS(=O)(=O)c1ccn[nH]1. The number of para-hydroxylation sites is 1. The number of nitrogens with one attached hydrogen (secondary N) is 2. The van der Waals surface area contributed by atoms with Gasteiger partial charge in [-0.2, -0.15) is 5.10 Å². The van der Waals surface area contributed by atoms with Crippen molar-refractivity contribution in [1.82, 2.24) is 14.9 Å². The largest absolute Gasteiger partial charge is 0.496 e. The summed E-state index contributed by atoms with van der Waals surface area (Å²) in [5, 5.41) is 6.06. The Labute approximate surface area is 105 Å². The number of aromatic amines is 1. The Kier molecular flexibility index (Phi) is 3.63. The van der Waals surface area contributed by atoms with E-state index in [1.54, 1.807) is 19.2 Å². The molecule has 0 aliphatic rings. The molecule has 0 atom stereocenters. The zero-order valence-electron chi connectivity index (χ0n) is 9.75. The smallest absolute Gasteiger partial charge is 0.257 e. The van der Waals surface area contributed by atoms with E-state index in [0.717, 1.165) is 5.56 Å². The third-order valence-corrected chi connectivity index (χ3v) is 3.74. The van der Waals surface area contributed by atoms with Crippen LogP contribution in [0.4, 0.5) is 0 Å². The van der Waals surface area contributed by atoms with Crippen LogP contribution in [-0.2, 0) is 16.6 Å². The summed E-state index contributed by atoms with van der Waals surface area (Å²) in [6, 6.07) is 8.62. The molecule has 0 spiro atoms. The molecule has 0 amide bonds. The molecule has 0 fully saturated rings. The summed E-state index contributed by atoms with van der Waals surface area (Å²) >= 11 is 0. The first-order chi connectivity index (χ1) is 8.63. The van der Waals surface area contributed by atoms with Gasteiger partial charge in [0, 0.05) is 12.1 Å². The number of benzene rings is 1. The molecule has 0 unspecified atom stereocenters. The van der Waals surface area contributed by atoms with Crippen LogP contribution in [0.25, 0.3) is 0 Å². The lowest BCUT2D eigenvalue weighted by Gasteiger charge is -2.09. The van der Waals surface area contributed by atoms with Gasteiger partial charge in [0.2, 0.25) is 0 Å². The minimum absolute atomic E-state index is 0.0393. The molecule has 7 heteroatoms. The van der Waals surface area contributed by atoms with Gasteiger partial charge in [-0.25, -0.2) is 13.1 Å². The lowest BCUT2D eigenvalue weighted by Crippen LogP contribution is -2.23. The predicted molar refractivity (Wildman–Crippen MR) is 65.6 cm³/mol. The van der Waals surface area contributed by atoms with Gasteiger partial charge in [-0.05, 0) is 12.1 Å². The molecule has 1 heterocycles. The maximum absolute atomic E-state index is 11.8. The van der Waals surface area contributed by atoms with E-state index in [1.165, 1.54) is 12.3 Å². The average molecular weight is 267 g/mol. The third-order valence-electron chi connectivity index (χ3n) is 2.41. The van der Waals surface area contributed by atoms with Crippen molar-refractivity contribution in [3.05, 3.63) is 42.1 Å². The van der Waals surface area contributed by atoms with Crippen LogP contribution in [0.15, 0.2) is 41.6 Å². The van der Waals surface area contributed by atoms with Crippen LogP contribution in [0.3, 0.4) is 0 Å². The van der Waals surface area contributed by atoms with Crippen molar-refractivity contribution in [3.63, 3.8) is 0 Å². The summed E-state index contributed by atoms with van der Waals surface area (Å²) < 4.78 is 31.3.